The summed E-state index contributed by atoms with van der Waals surface area (Å²) in [6.07, 6.45) is 4.44. The number of allylic oxidation sites excluding steroid dienone is 2. The molecule has 0 spiro atoms. The van der Waals surface area contributed by atoms with Crippen molar-refractivity contribution in [2.45, 2.75) is 6.42 Å². The summed E-state index contributed by atoms with van der Waals surface area (Å²) in [6.45, 7) is 0. The van der Waals surface area contributed by atoms with Crippen LogP contribution in [0.2, 0.25) is 5.02 Å². The van der Waals surface area contributed by atoms with Crippen LogP contribution in [-0.4, -0.2) is 26.1 Å². The van der Waals surface area contributed by atoms with E-state index in [2.05, 4.69) is 5.32 Å². The largest absolute Gasteiger partial charge is 0.550 e. The van der Waals surface area contributed by atoms with Crippen LogP contribution in [0.5, 0.6) is 11.5 Å². The first-order valence-corrected chi connectivity index (χ1v) is 7.95. The quantitative estimate of drug-likeness (QED) is 0.813. The standard InChI is InChI=1S/C17H18ClNO5/c1-23-12-7-11(13(24-2)6-10(12)18)19-16(20)14-8-3-4-9(5-8)15(14)17(21)22/h3-4,6-9,14-15H,5H2,1-2H3,(H,19,20)(H,21,22)/p-1/t8-,9-,14-,15-/m0/s1. The highest BCUT2D eigenvalue weighted by Gasteiger charge is 2.48. The summed E-state index contributed by atoms with van der Waals surface area (Å²) in [5, 5.41) is 14.5. The van der Waals surface area contributed by atoms with Crippen LogP contribution in [-0.2, 0) is 9.59 Å². The topological polar surface area (TPSA) is 87.7 Å². The van der Waals surface area contributed by atoms with Gasteiger partial charge in [-0.1, -0.05) is 23.8 Å². The number of carboxylic acid groups (broad SMARTS) is 1. The van der Waals surface area contributed by atoms with Gasteiger partial charge in [0, 0.05) is 24.0 Å². The van der Waals surface area contributed by atoms with E-state index >= 15 is 0 Å². The first-order valence-electron chi connectivity index (χ1n) is 7.57. The Hall–Kier alpha value is -2.21. The van der Waals surface area contributed by atoms with Crippen LogP contribution >= 0.6 is 11.6 Å². The third kappa shape index (κ3) is 2.71. The van der Waals surface area contributed by atoms with Crippen molar-refractivity contribution in [3.8, 4) is 11.5 Å². The summed E-state index contributed by atoms with van der Waals surface area (Å²) in [6, 6.07) is 3.09. The number of methoxy groups -OCH3 is 2. The smallest absolute Gasteiger partial charge is 0.228 e. The van der Waals surface area contributed by atoms with E-state index in [9.17, 15) is 14.7 Å². The number of benzene rings is 1. The molecule has 1 saturated carbocycles. The molecule has 6 nitrogen and oxygen atoms in total. The molecule has 0 saturated heterocycles. The molecule has 1 N–H and O–H groups in total. The maximum absolute atomic E-state index is 12.7. The number of hydrogen-bond acceptors (Lipinski definition) is 5. The van der Waals surface area contributed by atoms with Gasteiger partial charge in [0.05, 0.1) is 30.8 Å². The molecule has 128 valence electrons. The van der Waals surface area contributed by atoms with Gasteiger partial charge < -0.3 is 24.7 Å². The second-order valence-corrected chi connectivity index (χ2v) is 6.40. The number of carboxylic acids is 1. The van der Waals surface area contributed by atoms with Crippen molar-refractivity contribution >= 4 is 29.2 Å². The number of nitrogens with one attached hydrogen (secondary N) is 1. The van der Waals surface area contributed by atoms with Crippen LogP contribution in [0.1, 0.15) is 6.42 Å². The lowest BCUT2D eigenvalue weighted by Gasteiger charge is -2.28. The predicted octanol–water partition coefficient (Wildman–Crippen LogP) is 1.48. The van der Waals surface area contributed by atoms with Crippen LogP contribution in [0.3, 0.4) is 0 Å². The number of halogens is 1. The van der Waals surface area contributed by atoms with E-state index in [0.717, 1.165) is 0 Å². The van der Waals surface area contributed by atoms with Gasteiger partial charge in [0.2, 0.25) is 5.91 Å². The fraction of sp³-hybridized carbons (Fsp3) is 0.412. The third-order valence-corrected chi connectivity index (χ3v) is 5.06. The van der Waals surface area contributed by atoms with Gasteiger partial charge in [-0.15, -0.1) is 0 Å². The van der Waals surface area contributed by atoms with Gasteiger partial charge in [0.1, 0.15) is 11.5 Å². The molecular formula is C17H17ClNO5-. The lowest BCUT2D eigenvalue weighted by Crippen LogP contribution is -2.42. The highest BCUT2D eigenvalue weighted by atomic mass is 35.5. The molecule has 1 aromatic carbocycles. The molecule has 3 rings (SSSR count). The van der Waals surface area contributed by atoms with Crippen molar-refractivity contribution in [1.29, 1.82) is 0 Å². The summed E-state index contributed by atoms with van der Waals surface area (Å²) in [5.74, 6) is -2.49. The van der Waals surface area contributed by atoms with Gasteiger partial charge in [-0.3, -0.25) is 4.79 Å². The Balaban J connectivity index is 1.87. The molecule has 0 unspecified atom stereocenters. The number of fused-ring (bicyclic) bond motifs is 2. The van der Waals surface area contributed by atoms with Gasteiger partial charge >= 0.3 is 0 Å². The minimum atomic E-state index is -1.19. The van der Waals surface area contributed by atoms with E-state index in [-0.39, 0.29) is 17.7 Å². The minimum Gasteiger partial charge on any atom is -0.550 e. The molecular weight excluding hydrogens is 334 g/mol. The zero-order chi connectivity index (χ0) is 17.4. The fourth-order valence-electron chi connectivity index (χ4n) is 3.68. The van der Waals surface area contributed by atoms with Gasteiger partial charge in [0.15, 0.2) is 0 Å². The lowest BCUT2D eigenvalue weighted by atomic mass is 9.82. The summed E-state index contributed by atoms with van der Waals surface area (Å²) in [5.41, 5.74) is 0.382. The van der Waals surface area contributed by atoms with Crippen molar-refractivity contribution < 1.29 is 24.2 Å². The molecule has 0 heterocycles. The van der Waals surface area contributed by atoms with E-state index in [1.54, 1.807) is 6.07 Å². The van der Waals surface area contributed by atoms with Crippen molar-refractivity contribution in [3.05, 3.63) is 29.3 Å². The Morgan fingerprint density at radius 1 is 1.12 bits per heavy atom. The molecule has 0 aliphatic heterocycles. The second kappa shape index (κ2) is 6.36. The van der Waals surface area contributed by atoms with Crippen molar-refractivity contribution in [3.63, 3.8) is 0 Å². The van der Waals surface area contributed by atoms with Crippen molar-refractivity contribution in [2.75, 3.05) is 19.5 Å². The highest BCUT2D eigenvalue weighted by molar-refractivity contribution is 6.32. The Labute approximate surface area is 144 Å². The number of hydrogen-bond donors (Lipinski definition) is 1. The molecule has 1 fully saturated rings. The summed E-state index contributed by atoms with van der Waals surface area (Å²) in [7, 11) is 2.92. The maximum atomic E-state index is 12.7. The van der Waals surface area contributed by atoms with E-state index in [0.29, 0.717) is 28.6 Å². The normalized spacial score (nSPS) is 27.1. The fourth-order valence-corrected chi connectivity index (χ4v) is 3.91. The second-order valence-electron chi connectivity index (χ2n) is 6.00. The SMILES string of the molecule is COc1cc(NC(=O)[C@@H]2[C@@H](C(=O)[O-])[C@H]3C=C[C@H]2C3)c(OC)cc1Cl. The van der Waals surface area contributed by atoms with Gasteiger partial charge in [-0.05, 0) is 18.3 Å². The number of carbonyl (C=O) groups excluding carboxylic acids is 2. The van der Waals surface area contributed by atoms with Crippen LogP contribution in [0.15, 0.2) is 24.3 Å². The average molecular weight is 351 g/mol. The number of amides is 1. The molecule has 2 bridgehead atoms. The maximum Gasteiger partial charge on any atom is 0.228 e. The Morgan fingerprint density at radius 2 is 1.75 bits per heavy atom. The molecule has 0 aromatic heterocycles. The monoisotopic (exact) mass is 350 g/mol. The molecule has 7 heteroatoms. The number of anilines is 1. The average Bonchev–Trinajstić information content (AvgIpc) is 3.16. The predicted molar refractivity (Wildman–Crippen MR) is 85.9 cm³/mol. The van der Waals surface area contributed by atoms with Crippen LogP contribution in [0.25, 0.3) is 0 Å². The number of carbonyl (C=O) groups is 2. The lowest BCUT2D eigenvalue weighted by molar-refractivity contribution is -0.313. The first-order chi connectivity index (χ1) is 11.5. The van der Waals surface area contributed by atoms with E-state index in [4.69, 9.17) is 21.1 Å². The van der Waals surface area contributed by atoms with Crippen LogP contribution < -0.4 is 19.9 Å². The molecule has 2 aliphatic rings. The van der Waals surface area contributed by atoms with Crippen LogP contribution in [0.4, 0.5) is 5.69 Å². The zero-order valence-electron chi connectivity index (χ0n) is 13.2. The summed E-state index contributed by atoms with van der Waals surface area (Å²) >= 11 is 6.05. The van der Waals surface area contributed by atoms with E-state index < -0.39 is 17.8 Å². The Kier molecular flexibility index (Phi) is 4.41. The highest BCUT2D eigenvalue weighted by Crippen LogP contribution is 2.48. The number of aliphatic carboxylic acids is 1. The number of rotatable bonds is 5. The third-order valence-electron chi connectivity index (χ3n) is 4.77. The minimum absolute atomic E-state index is 0.0851. The van der Waals surface area contributed by atoms with E-state index in [1.807, 2.05) is 12.2 Å². The van der Waals surface area contributed by atoms with Crippen LogP contribution in [0, 0.1) is 23.7 Å². The molecule has 1 amide bonds. The van der Waals surface area contributed by atoms with Gasteiger partial charge in [-0.2, -0.15) is 0 Å². The summed E-state index contributed by atoms with van der Waals surface area (Å²) in [4.78, 5) is 24.1. The van der Waals surface area contributed by atoms with Crippen molar-refractivity contribution in [1.82, 2.24) is 0 Å². The first kappa shape index (κ1) is 16.6. The number of ether oxygens (including phenoxy) is 2. The molecule has 2 aliphatic carbocycles. The van der Waals surface area contributed by atoms with E-state index in [1.165, 1.54) is 20.3 Å². The Bertz CT molecular complexity index is 717. The summed E-state index contributed by atoms with van der Waals surface area (Å²) < 4.78 is 10.4. The zero-order valence-corrected chi connectivity index (χ0v) is 14.0. The molecule has 24 heavy (non-hydrogen) atoms. The molecule has 0 radical (unpaired) electrons. The molecule has 1 aromatic rings. The molecule has 4 atom stereocenters. The van der Waals surface area contributed by atoms with Crippen molar-refractivity contribution in [2.24, 2.45) is 23.7 Å². The van der Waals surface area contributed by atoms with Gasteiger partial charge in [-0.25, -0.2) is 0 Å². The Morgan fingerprint density at radius 3 is 2.33 bits per heavy atom. The van der Waals surface area contributed by atoms with Gasteiger partial charge in [0.25, 0.3) is 0 Å².